The summed E-state index contributed by atoms with van der Waals surface area (Å²) in [5.74, 6) is 0.424. The summed E-state index contributed by atoms with van der Waals surface area (Å²) in [5.41, 5.74) is 17.8. The molecule has 0 amide bonds. The maximum absolute atomic E-state index is 2.41. The Morgan fingerprint density at radius 1 is 0.426 bits per heavy atom. The molecule has 0 bridgehead atoms. The van der Waals surface area contributed by atoms with Crippen LogP contribution in [0, 0.1) is 6.92 Å². The molecule has 0 N–H and O–H groups in total. The number of hydrogen-bond donors (Lipinski definition) is 0. The van der Waals surface area contributed by atoms with Gasteiger partial charge in [-0.25, -0.2) is 0 Å². The van der Waals surface area contributed by atoms with Gasteiger partial charge in [0.2, 0.25) is 0 Å². The van der Waals surface area contributed by atoms with E-state index in [1.54, 1.807) is 0 Å². The van der Waals surface area contributed by atoms with Crippen LogP contribution < -0.4 is 0 Å². The molecule has 1 nitrogen and oxygen atoms in total. The molecule has 0 spiro atoms. The van der Waals surface area contributed by atoms with E-state index in [9.17, 15) is 0 Å². The van der Waals surface area contributed by atoms with Gasteiger partial charge in [0.1, 0.15) is 0 Å². The van der Waals surface area contributed by atoms with Crippen LogP contribution in [0.25, 0.3) is 72.0 Å². The van der Waals surface area contributed by atoms with Crippen molar-refractivity contribution in [3.05, 3.63) is 211 Å². The van der Waals surface area contributed by atoms with Crippen molar-refractivity contribution in [2.45, 2.75) is 32.6 Å². The Morgan fingerprint density at radius 2 is 1.00 bits per heavy atom. The molecule has 0 saturated heterocycles. The highest BCUT2D eigenvalue weighted by molar-refractivity contribution is 6.10. The minimum atomic E-state index is 0.424. The lowest BCUT2D eigenvalue weighted by molar-refractivity contribution is 0.661. The maximum atomic E-state index is 2.41. The quantitative estimate of drug-likeness (QED) is 0.142. The van der Waals surface area contributed by atoms with Gasteiger partial charge in [0.05, 0.1) is 11.0 Å². The first-order valence-electron chi connectivity index (χ1n) is 19.2. The number of aromatic nitrogens is 1. The van der Waals surface area contributed by atoms with Gasteiger partial charge in [-0.2, -0.15) is 0 Å². The molecule has 260 valence electrons. The second kappa shape index (κ2) is 14.5. The summed E-state index contributed by atoms with van der Waals surface area (Å²) in [4.78, 5) is 0. The van der Waals surface area contributed by atoms with Crippen LogP contribution in [-0.4, -0.2) is 4.57 Å². The minimum Gasteiger partial charge on any atom is -0.309 e. The minimum absolute atomic E-state index is 0.424. The van der Waals surface area contributed by atoms with Crippen molar-refractivity contribution < 1.29 is 0 Å². The first-order valence-corrected chi connectivity index (χ1v) is 19.2. The molecular weight excluding hydrogens is 651 g/mol. The van der Waals surface area contributed by atoms with E-state index in [1.807, 2.05) is 0 Å². The van der Waals surface area contributed by atoms with Crippen molar-refractivity contribution in [2.75, 3.05) is 0 Å². The Balaban J connectivity index is 1.07. The maximum Gasteiger partial charge on any atom is 0.0541 e. The van der Waals surface area contributed by atoms with Crippen molar-refractivity contribution in [1.82, 2.24) is 4.57 Å². The average Bonchev–Trinajstić information content (AvgIpc) is 3.57. The molecule has 1 unspecified atom stereocenters. The van der Waals surface area contributed by atoms with Crippen LogP contribution in [0.5, 0.6) is 0 Å². The lowest BCUT2D eigenvalue weighted by Gasteiger charge is -2.20. The predicted molar refractivity (Wildman–Crippen MR) is 230 cm³/mol. The molecule has 1 atom stereocenters. The van der Waals surface area contributed by atoms with Crippen LogP contribution in [0.1, 0.15) is 36.0 Å². The second-order valence-electron chi connectivity index (χ2n) is 14.5. The molecule has 0 radical (unpaired) electrons. The van der Waals surface area contributed by atoms with Crippen molar-refractivity contribution >= 4 is 21.8 Å². The largest absolute Gasteiger partial charge is 0.309 e. The van der Waals surface area contributed by atoms with E-state index in [0.29, 0.717) is 5.92 Å². The van der Waals surface area contributed by atoms with Gasteiger partial charge in [-0.15, -0.1) is 0 Å². The molecule has 9 rings (SSSR count). The van der Waals surface area contributed by atoms with Crippen LogP contribution in [-0.2, 0) is 6.42 Å². The smallest absolute Gasteiger partial charge is 0.0541 e. The highest BCUT2D eigenvalue weighted by Crippen LogP contribution is 2.38. The number of aryl methyl sites for hydroxylation is 1. The third-order valence-corrected chi connectivity index (χ3v) is 11.2. The topological polar surface area (TPSA) is 4.93 Å². The SMILES string of the molecule is CCC(Cc1ccccc1-c1cc(-c2ccc3c(c2)c2ccccc2n3-c2ccc(-c3ccccc3)cc2)ccc1C)c1cccc(-c2ccccc2)c1. The van der Waals surface area contributed by atoms with E-state index in [1.165, 1.54) is 88.7 Å². The first kappa shape index (κ1) is 33.4. The third kappa shape index (κ3) is 6.33. The zero-order chi connectivity index (χ0) is 36.4. The molecule has 0 aliphatic heterocycles. The Hall–Kier alpha value is -6.44. The lowest BCUT2D eigenvalue weighted by atomic mass is 9.84. The van der Waals surface area contributed by atoms with Gasteiger partial charge in [-0.05, 0) is 123 Å². The molecule has 9 aromatic rings. The van der Waals surface area contributed by atoms with E-state index in [0.717, 1.165) is 12.8 Å². The zero-order valence-corrected chi connectivity index (χ0v) is 30.9. The summed E-state index contributed by atoms with van der Waals surface area (Å²) in [6, 6.07) is 71.2. The lowest BCUT2D eigenvalue weighted by Crippen LogP contribution is -2.04. The summed E-state index contributed by atoms with van der Waals surface area (Å²) >= 11 is 0. The normalized spacial score (nSPS) is 12.0. The number of para-hydroxylation sites is 1. The summed E-state index contributed by atoms with van der Waals surface area (Å²) in [6.07, 6.45) is 2.07. The zero-order valence-electron chi connectivity index (χ0n) is 30.9. The summed E-state index contributed by atoms with van der Waals surface area (Å²) in [6.45, 7) is 4.57. The molecule has 0 aliphatic carbocycles. The molecule has 0 aliphatic rings. The fraction of sp³-hybridized carbons (Fsp3) is 0.0943. The first-order chi connectivity index (χ1) is 26.6. The van der Waals surface area contributed by atoms with E-state index in [4.69, 9.17) is 0 Å². The number of hydrogen-bond acceptors (Lipinski definition) is 0. The number of nitrogens with zero attached hydrogens (tertiary/aromatic N) is 1. The van der Waals surface area contributed by atoms with E-state index in [2.05, 4.69) is 213 Å². The van der Waals surface area contributed by atoms with Gasteiger partial charge in [-0.1, -0.05) is 165 Å². The van der Waals surface area contributed by atoms with Crippen molar-refractivity contribution in [2.24, 2.45) is 0 Å². The monoisotopic (exact) mass is 693 g/mol. The van der Waals surface area contributed by atoms with Crippen LogP contribution in [0.15, 0.2) is 194 Å². The molecule has 1 heteroatoms. The predicted octanol–water partition coefficient (Wildman–Crippen LogP) is 14.5. The fourth-order valence-corrected chi connectivity index (χ4v) is 8.28. The standard InChI is InChI=1S/C53H43N/c1-3-38(42-20-14-21-43(34-42)40-17-8-5-9-18-40)33-46-19-10-11-22-48(46)50-35-44(26-25-37(50)2)45-29-32-53-51(36-45)49-23-12-13-24-52(49)54(53)47-30-27-41(28-31-47)39-15-6-4-7-16-39/h4-32,34-36,38H,3,33H2,1-2H3. The molecule has 0 fully saturated rings. The van der Waals surface area contributed by atoms with E-state index < -0.39 is 0 Å². The Morgan fingerprint density at radius 3 is 1.78 bits per heavy atom. The van der Waals surface area contributed by atoms with E-state index >= 15 is 0 Å². The third-order valence-electron chi connectivity index (χ3n) is 11.2. The van der Waals surface area contributed by atoms with Gasteiger partial charge >= 0.3 is 0 Å². The molecule has 54 heavy (non-hydrogen) atoms. The highest BCUT2D eigenvalue weighted by Gasteiger charge is 2.17. The van der Waals surface area contributed by atoms with Gasteiger partial charge < -0.3 is 4.57 Å². The molecule has 1 aromatic heterocycles. The van der Waals surface area contributed by atoms with Gasteiger partial charge in [-0.3, -0.25) is 0 Å². The van der Waals surface area contributed by atoms with Crippen LogP contribution in [0.4, 0.5) is 0 Å². The summed E-state index contributed by atoms with van der Waals surface area (Å²) in [7, 11) is 0. The molecule has 0 saturated carbocycles. The summed E-state index contributed by atoms with van der Waals surface area (Å²) < 4.78 is 2.40. The highest BCUT2D eigenvalue weighted by atomic mass is 15.0. The van der Waals surface area contributed by atoms with Gasteiger partial charge in [0.15, 0.2) is 0 Å². The summed E-state index contributed by atoms with van der Waals surface area (Å²) in [5, 5.41) is 2.53. The van der Waals surface area contributed by atoms with Crippen molar-refractivity contribution in [3.63, 3.8) is 0 Å². The number of benzene rings is 8. The van der Waals surface area contributed by atoms with Crippen LogP contribution in [0.2, 0.25) is 0 Å². The Kier molecular flexibility index (Phi) is 8.99. The van der Waals surface area contributed by atoms with Crippen molar-refractivity contribution in [3.8, 4) is 50.2 Å². The number of rotatable bonds is 9. The average molecular weight is 694 g/mol. The molecular formula is C53H43N. The van der Waals surface area contributed by atoms with Crippen molar-refractivity contribution in [1.29, 1.82) is 0 Å². The van der Waals surface area contributed by atoms with E-state index in [-0.39, 0.29) is 0 Å². The Labute approximate surface area is 318 Å². The Bertz CT molecular complexity index is 2720. The second-order valence-corrected chi connectivity index (χ2v) is 14.5. The molecule has 8 aromatic carbocycles. The van der Waals surface area contributed by atoms with Gasteiger partial charge in [0, 0.05) is 16.5 Å². The van der Waals surface area contributed by atoms with Gasteiger partial charge in [0.25, 0.3) is 0 Å². The van der Waals surface area contributed by atoms with Crippen LogP contribution in [0.3, 0.4) is 0 Å². The number of fused-ring (bicyclic) bond motifs is 3. The fourth-order valence-electron chi connectivity index (χ4n) is 8.28. The van der Waals surface area contributed by atoms with Crippen LogP contribution >= 0.6 is 0 Å². The molecule has 1 heterocycles.